The van der Waals surface area contributed by atoms with Crippen molar-refractivity contribution < 1.29 is 9.90 Å². The van der Waals surface area contributed by atoms with Crippen LogP contribution in [0.1, 0.15) is 37.7 Å². The SMILES string of the molecule is CCC(CC)(CN)C(=O)NCC(O)c1ccc(Cl)s1. The van der Waals surface area contributed by atoms with E-state index in [4.69, 9.17) is 17.3 Å². The molecule has 108 valence electrons. The molecule has 0 bridgehead atoms. The van der Waals surface area contributed by atoms with Crippen LogP contribution in [-0.4, -0.2) is 24.1 Å². The Labute approximate surface area is 123 Å². The number of aliphatic hydroxyl groups is 1. The van der Waals surface area contributed by atoms with E-state index in [0.29, 0.717) is 23.7 Å². The summed E-state index contributed by atoms with van der Waals surface area (Å²) in [4.78, 5) is 12.9. The van der Waals surface area contributed by atoms with Gasteiger partial charge in [0, 0.05) is 18.0 Å². The van der Waals surface area contributed by atoms with Crippen molar-refractivity contribution in [2.45, 2.75) is 32.8 Å². The van der Waals surface area contributed by atoms with Crippen LogP contribution >= 0.6 is 22.9 Å². The van der Waals surface area contributed by atoms with E-state index in [2.05, 4.69) is 5.32 Å². The Morgan fingerprint density at radius 2 is 2.16 bits per heavy atom. The van der Waals surface area contributed by atoms with Crippen LogP contribution in [0.25, 0.3) is 0 Å². The van der Waals surface area contributed by atoms with Crippen molar-refractivity contribution in [3.8, 4) is 0 Å². The van der Waals surface area contributed by atoms with Gasteiger partial charge in [0.15, 0.2) is 0 Å². The fraction of sp³-hybridized carbons (Fsp3) is 0.615. The summed E-state index contributed by atoms with van der Waals surface area (Å²) in [6.07, 6.45) is 0.644. The van der Waals surface area contributed by atoms with Gasteiger partial charge in [-0.1, -0.05) is 25.4 Å². The minimum atomic E-state index is -0.731. The van der Waals surface area contributed by atoms with Crippen molar-refractivity contribution >= 4 is 28.8 Å². The van der Waals surface area contributed by atoms with Crippen LogP contribution in [0.3, 0.4) is 0 Å². The van der Waals surface area contributed by atoms with Crippen LogP contribution in [0, 0.1) is 5.41 Å². The molecule has 1 amide bonds. The molecule has 6 heteroatoms. The summed E-state index contributed by atoms with van der Waals surface area (Å²) in [6, 6.07) is 3.49. The van der Waals surface area contributed by atoms with E-state index in [1.807, 2.05) is 13.8 Å². The first-order valence-corrected chi connectivity index (χ1v) is 7.60. The fourth-order valence-electron chi connectivity index (χ4n) is 1.94. The Morgan fingerprint density at radius 1 is 1.53 bits per heavy atom. The van der Waals surface area contributed by atoms with Gasteiger partial charge in [-0.05, 0) is 25.0 Å². The quantitative estimate of drug-likeness (QED) is 0.723. The zero-order valence-corrected chi connectivity index (χ0v) is 12.9. The largest absolute Gasteiger partial charge is 0.386 e. The lowest BCUT2D eigenvalue weighted by Gasteiger charge is -2.29. The fourth-order valence-corrected chi connectivity index (χ4v) is 2.98. The number of aliphatic hydroxyl groups excluding tert-OH is 1. The minimum absolute atomic E-state index is 0.0956. The normalized spacial score (nSPS) is 13.3. The molecule has 0 aliphatic rings. The topological polar surface area (TPSA) is 75.4 Å². The van der Waals surface area contributed by atoms with Crippen molar-refractivity contribution in [3.05, 3.63) is 21.3 Å². The number of hydrogen-bond donors (Lipinski definition) is 3. The highest BCUT2D eigenvalue weighted by molar-refractivity contribution is 7.16. The van der Waals surface area contributed by atoms with Gasteiger partial charge in [-0.3, -0.25) is 4.79 Å². The van der Waals surface area contributed by atoms with Crippen LogP contribution in [0.15, 0.2) is 12.1 Å². The van der Waals surface area contributed by atoms with Crippen molar-refractivity contribution in [2.24, 2.45) is 11.1 Å². The van der Waals surface area contributed by atoms with E-state index in [1.54, 1.807) is 12.1 Å². The molecule has 0 aromatic carbocycles. The van der Waals surface area contributed by atoms with Gasteiger partial charge < -0.3 is 16.2 Å². The second-order valence-electron chi connectivity index (χ2n) is 4.56. The first kappa shape index (κ1) is 16.4. The molecule has 4 nitrogen and oxygen atoms in total. The number of thiophene rings is 1. The minimum Gasteiger partial charge on any atom is -0.386 e. The standard InChI is InChI=1S/C13H21ClN2O2S/c1-3-13(4-2,8-15)12(18)16-7-9(17)10-5-6-11(14)19-10/h5-6,9,17H,3-4,7-8,15H2,1-2H3,(H,16,18). The molecule has 1 aromatic heterocycles. The third kappa shape index (κ3) is 3.92. The highest BCUT2D eigenvalue weighted by Crippen LogP contribution is 2.28. The summed E-state index contributed by atoms with van der Waals surface area (Å²) in [7, 11) is 0. The highest BCUT2D eigenvalue weighted by Gasteiger charge is 2.33. The molecule has 0 aliphatic carbocycles. The van der Waals surface area contributed by atoms with E-state index in [-0.39, 0.29) is 12.5 Å². The molecular weight excluding hydrogens is 284 g/mol. The summed E-state index contributed by atoms with van der Waals surface area (Å²) in [5, 5.41) is 12.8. The maximum Gasteiger partial charge on any atom is 0.227 e. The monoisotopic (exact) mass is 304 g/mol. The Kier molecular flexibility index (Phi) is 6.26. The Balaban J connectivity index is 2.58. The van der Waals surface area contributed by atoms with Crippen molar-refractivity contribution in [1.82, 2.24) is 5.32 Å². The predicted molar refractivity (Wildman–Crippen MR) is 79.4 cm³/mol. The van der Waals surface area contributed by atoms with Crippen LogP contribution in [-0.2, 0) is 4.79 Å². The lowest BCUT2D eigenvalue weighted by atomic mass is 9.81. The number of rotatable bonds is 7. The average Bonchev–Trinajstić information content (AvgIpc) is 2.85. The zero-order valence-electron chi connectivity index (χ0n) is 11.3. The van der Waals surface area contributed by atoms with Crippen molar-refractivity contribution in [1.29, 1.82) is 0 Å². The number of amides is 1. The highest BCUT2D eigenvalue weighted by atomic mass is 35.5. The average molecular weight is 305 g/mol. The molecule has 4 N–H and O–H groups in total. The molecular formula is C13H21ClN2O2S. The number of nitrogens with two attached hydrogens (primary N) is 1. The predicted octanol–water partition coefficient (Wildman–Crippen LogP) is 2.32. The Morgan fingerprint density at radius 3 is 2.58 bits per heavy atom. The molecule has 0 fully saturated rings. The van der Waals surface area contributed by atoms with Gasteiger partial charge in [-0.25, -0.2) is 0 Å². The van der Waals surface area contributed by atoms with E-state index in [1.165, 1.54) is 11.3 Å². The second-order valence-corrected chi connectivity index (χ2v) is 6.31. The molecule has 1 aromatic rings. The molecule has 1 heterocycles. The van der Waals surface area contributed by atoms with Crippen molar-refractivity contribution in [3.63, 3.8) is 0 Å². The molecule has 0 saturated carbocycles. The van der Waals surface area contributed by atoms with E-state index in [9.17, 15) is 9.90 Å². The van der Waals surface area contributed by atoms with Crippen LogP contribution in [0.5, 0.6) is 0 Å². The lowest BCUT2D eigenvalue weighted by Crippen LogP contribution is -2.46. The van der Waals surface area contributed by atoms with Gasteiger partial charge in [-0.15, -0.1) is 11.3 Å². The van der Waals surface area contributed by atoms with Gasteiger partial charge in [0.25, 0.3) is 0 Å². The van der Waals surface area contributed by atoms with Gasteiger partial charge in [0.05, 0.1) is 9.75 Å². The third-order valence-corrected chi connectivity index (χ3v) is 4.94. The summed E-state index contributed by atoms with van der Waals surface area (Å²) < 4.78 is 0.624. The third-order valence-electron chi connectivity index (χ3n) is 3.60. The molecule has 1 unspecified atom stereocenters. The van der Waals surface area contributed by atoms with E-state index in [0.717, 1.165) is 4.88 Å². The van der Waals surface area contributed by atoms with Crippen LogP contribution in [0.4, 0.5) is 0 Å². The zero-order chi connectivity index (χ0) is 14.5. The maximum absolute atomic E-state index is 12.2. The van der Waals surface area contributed by atoms with Gasteiger partial charge in [-0.2, -0.15) is 0 Å². The van der Waals surface area contributed by atoms with Crippen molar-refractivity contribution in [2.75, 3.05) is 13.1 Å². The molecule has 0 saturated heterocycles. The first-order valence-electron chi connectivity index (χ1n) is 6.40. The van der Waals surface area contributed by atoms with Gasteiger partial charge >= 0.3 is 0 Å². The first-order chi connectivity index (χ1) is 8.99. The summed E-state index contributed by atoms with van der Waals surface area (Å²) in [6.45, 7) is 4.39. The van der Waals surface area contributed by atoms with E-state index < -0.39 is 11.5 Å². The summed E-state index contributed by atoms with van der Waals surface area (Å²) >= 11 is 7.12. The van der Waals surface area contributed by atoms with Gasteiger partial charge in [0.1, 0.15) is 6.10 Å². The number of halogens is 1. The lowest BCUT2D eigenvalue weighted by molar-refractivity contribution is -0.131. The number of carbonyl (C=O) groups excluding carboxylic acids is 1. The number of hydrogen-bond acceptors (Lipinski definition) is 4. The Bertz CT molecular complexity index is 410. The molecule has 19 heavy (non-hydrogen) atoms. The molecule has 1 rings (SSSR count). The second kappa shape index (κ2) is 7.24. The smallest absolute Gasteiger partial charge is 0.227 e. The van der Waals surface area contributed by atoms with Crippen LogP contribution < -0.4 is 11.1 Å². The Hall–Kier alpha value is -0.620. The summed E-state index contributed by atoms with van der Waals surface area (Å²) in [5.41, 5.74) is 5.18. The summed E-state index contributed by atoms with van der Waals surface area (Å²) in [5.74, 6) is -0.0956. The number of carbonyl (C=O) groups is 1. The molecule has 1 atom stereocenters. The number of nitrogens with one attached hydrogen (secondary N) is 1. The maximum atomic E-state index is 12.2. The van der Waals surface area contributed by atoms with E-state index >= 15 is 0 Å². The van der Waals surface area contributed by atoms with Gasteiger partial charge in [0.2, 0.25) is 5.91 Å². The molecule has 0 radical (unpaired) electrons. The molecule has 0 aliphatic heterocycles. The molecule has 0 spiro atoms. The van der Waals surface area contributed by atoms with Crippen LogP contribution in [0.2, 0.25) is 4.34 Å².